The van der Waals surface area contributed by atoms with Crippen LogP contribution in [0.25, 0.3) is 0 Å². The number of thiophene rings is 1. The second-order valence-corrected chi connectivity index (χ2v) is 8.03. The van der Waals surface area contributed by atoms with Gasteiger partial charge >= 0.3 is 6.09 Å². The molecule has 0 aromatic carbocycles. The second-order valence-electron chi connectivity index (χ2n) is 5.56. The average molecular weight is 418 g/mol. The molecule has 1 N–H and O–H groups in total. The lowest BCUT2D eigenvalue weighted by atomic mass is 10.1. The SMILES string of the molecule is COC(=O)N1CCC(NC(=O)CN(C)C(=O)c2ccc(Br)s2)CC1. The third-order valence-electron chi connectivity index (χ3n) is 3.80. The topological polar surface area (TPSA) is 79.0 Å². The molecule has 0 aliphatic carbocycles. The molecule has 0 saturated carbocycles. The molecule has 1 aliphatic heterocycles. The Morgan fingerprint density at radius 2 is 2.04 bits per heavy atom. The Morgan fingerprint density at radius 1 is 1.38 bits per heavy atom. The minimum atomic E-state index is -0.341. The van der Waals surface area contributed by atoms with Crippen LogP contribution < -0.4 is 5.32 Å². The van der Waals surface area contributed by atoms with E-state index in [0.29, 0.717) is 30.8 Å². The first-order valence-corrected chi connectivity index (χ1v) is 9.14. The van der Waals surface area contributed by atoms with Crippen molar-refractivity contribution in [1.29, 1.82) is 0 Å². The number of hydrogen-bond donors (Lipinski definition) is 1. The van der Waals surface area contributed by atoms with Gasteiger partial charge in [0.2, 0.25) is 5.91 Å². The van der Waals surface area contributed by atoms with Gasteiger partial charge in [0.25, 0.3) is 5.91 Å². The van der Waals surface area contributed by atoms with Crippen LogP contribution >= 0.6 is 27.3 Å². The third-order valence-corrected chi connectivity index (χ3v) is 5.42. The van der Waals surface area contributed by atoms with Crippen molar-refractivity contribution in [1.82, 2.24) is 15.1 Å². The number of rotatable bonds is 4. The normalized spacial score (nSPS) is 15.0. The fourth-order valence-corrected chi connectivity index (χ4v) is 3.89. The fourth-order valence-electron chi connectivity index (χ4n) is 2.51. The van der Waals surface area contributed by atoms with E-state index < -0.39 is 0 Å². The average Bonchev–Trinajstić information content (AvgIpc) is 3.00. The Bertz CT molecular complexity index is 614. The van der Waals surface area contributed by atoms with E-state index in [2.05, 4.69) is 26.0 Å². The molecule has 3 amide bonds. The molecule has 24 heavy (non-hydrogen) atoms. The number of hydrogen-bond acceptors (Lipinski definition) is 5. The highest BCUT2D eigenvalue weighted by Gasteiger charge is 2.25. The number of likely N-dealkylation sites (tertiary alicyclic amines) is 1. The quantitative estimate of drug-likeness (QED) is 0.811. The van der Waals surface area contributed by atoms with Gasteiger partial charge in [-0.15, -0.1) is 11.3 Å². The molecule has 2 heterocycles. The predicted octanol–water partition coefficient (Wildman–Crippen LogP) is 1.93. The molecule has 9 heteroatoms. The van der Waals surface area contributed by atoms with Crippen molar-refractivity contribution < 1.29 is 19.1 Å². The van der Waals surface area contributed by atoms with E-state index in [1.54, 1.807) is 24.1 Å². The van der Waals surface area contributed by atoms with Crippen molar-refractivity contribution in [2.45, 2.75) is 18.9 Å². The number of likely N-dealkylation sites (N-methyl/N-ethyl adjacent to an activating group) is 1. The summed E-state index contributed by atoms with van der Waals surface area (Å²) in [5, 5.41) is 2.92. The maximum atomic E-state index is 12.2. The summed E-state index contributed by atoms with van der Waals surface area (Å²) in [6, 6.07) is 3.55. The molecule has 132 valence electrons. The van der Waals surface area contributed by atoms with Crippen molar-refractivity contribution in [3.05, 3.63) is 20.8 Å². The number of piperidine rings is 1. The number of carbonyl (C=O) groups excluding carboxylic acids is 3. The lowest BCUT2D eigenvalue weighted by molar-refractivity contribution is -0.122. The Kier molecular flexibility index (Phi) is 6.61. The van der Waals surface area contributed by atoms with Gasteiger partial charge in [-0.3, -0.25) is 9.59 Å². The monoisotopic (exact) mass is 417 g/mol. The molecular formula is C15H20BrN3O4S. The predicted molar refractivity (Wildman–Crippen MR) is 94.1 cm³/mol. The first-order valence-electron chi connectivity index (χ1n) is 7.53. The molecule has 1 aromatic rings. The zero-order valence-electron chi connectivity index (χ0n) is 13.6. The van der Waals surface area contributed by atoms with Crippen LogP contribution in [0.4, 0.5) is 4.79 Å². The highest BCUT2D eigenvalue weighted by molar-refractivity contribution is 9.11. The van der Waals surface area contributed by atoms with Crippen molar-refractivity contribution in [2.24, 2.45) is 0 Å². The number of carbonyl (C=O) groups is 3. The molecule has 0 unspecified atom stereocenters. The van der Waals surface area contributed by atoms with Gasteiger partial charge in [0.15, 0.2) is 0 Å². The van der Waals surface area contributed by atoms with Gasteiger partial charge in [0.1, 0.15) is 0 Å². The van der Waals surface area contributed by atoms with E-state index in [4.69, 9.17) is 0 Å². The van der Waals surface area contributed by atoms with Crippen molar-refractivity contribution in [3.63, 3.8) is 0 Å². The lowest BCUT2D eigenvalue weighted by Gasteiger charge is -2.31. The van der Waals surface area contributed by atoms with E-state index in [1.807, 2.05) is 0 Å². The second kappa shape index (κ2) is 8.48. The molecule has 0 spiro atoms. The zero-order valence-corrected chi connectivity index (χ0v) is 16.0. The number of nitrogens with zero attached hydrogens (tertiary/aromatic N) is 2. The first-order chi connectivity index (χ1) is 11.4. The molecule has 0 atom stereocenters. The number of amides is 3. The molecule has 1 fully saturated rings. The first kappa shape index (κ1) is 18.7. The molecule has 1 aromatic heterocycles. The molecule has 0 radical (unpaired) electrons. The molecular weight excluding hydrogens is 398 g/mol. The van der Waals surface area contributed by atoms with E-state index >= 15 is 0 Å². The molecule has 2 rings (SSSR count). The van der Waals surface area contributed by atoms with Crippen LogP contribution in [0.5, 0.6) is 0 Å². The number of methoxy groups -OCH3 is 1. The third kappa shape index (κ3) is 4.94. The Labute approximate surface area is 153 Å². The number of nitrogens with one attached hydrogen (secondary N) is 1. The van der Waals surface area contributed by atoms with Gasteiger partial charge in [0.05, 0.1) is 22.3 Å². The van der Waals surface area contributed by atoms with Crippen LogP contribution in [-0.4, -0.2) is 67.5 Å². The smallest absolute Gasteiger partial charge is 0.409 e. The Morgan fingerprint density at radius 3 is 2.58 bits per heavy atom. The minimum absolute atomic E-state index is 0.00552. The van der Waals surface area contributed by atoms with Crippen molar-refractivity contribution in [3.8, 4) is 0 Å². The summed E-state index contributed by atoms with van der Waals surface area (Å²) in [5.41, 5.74) is 0. The molecule has 1 saturated heterocycles. The minimum Gasteiger partial charge on any atom is -0.453 e. The van der Waals surface area contributed by atoms with E-state index in [1.165, 1.54) is 23.3 Å². The highest BCUT2D eigenvalue weighted by atomic mass is 79.9. The fraction of sp³-hybridized carbons (Fsp3) is 0.533. The summed E-state index contributed by atoms with van der Waals surface area (Å²) >= 11 is 4.65. The van der Waals surface area contributed by atoms with Crippen LogP contribution in [0, 0.1) is 0 Å². The van der Waals surface area contributed by atoms with E-state index in [-0.39, 0.29) is 30.5 Å². The number of halogens is 1. The summed E-state index contributed by atoms with van der Waals surface area (Å²) in [7, 11) is 2.96. The summed E-state index contributed by atoms with van der Waals surface area (Å²) in [5.74, 6) is -0.376. The van der Waals surface area contributed by atoms with Gasteiger partial charge in [0, 0.05) is 26.2 Å². The van der Waals surface area contributed by atoms with Crippen LogP contribution in [0.2, 0.25) is 0 Å². The van der Waals surface area contributed by atoms with Gasteiger partial charge in [-0.2, -0.15) is 0 Å². The standard InChI is InChI=1S/C15H20BrN3O4S/c1-18(14(21)11-3-4-12(16)24-11)9-13(20)17-10-5-7-19(8-6-10)15(22)23-2/h3-4,10H,5-9H2,1-2H3,(H,17,20). The largest absolute Gasteiger partial charge is 0.453 e. The van der Waals surface area contributed by atoms with Crippen molar-refractivity contribution in [2.75, 3.05) is 33.8 Å². The van der Waals surface area contributed by atoms with Gasteiger partial charge in [-0.25, -0.2) is 4.79 Å². The highest BCUT2D eigenvalue weighted by Crippen LogP contribution is 2.23. The van der Waals surface area contributed by atoms with Gasteiger partial charge < -0.3 is 19.9 Å². The maximum absolute atomic E-state index is 12.2. The maximum Gasteiger partial charge on any atom is 0.409 e. The van der Waals surface area contributed by atoms with Crippen molar-refractivity contribution >= 4 is 45.2 Å². The zero-order chi connectivity index (χ0) is 17.7. The van der Waals surface area contributed by atoms with Crippen LogP contribution in [0.15, 0.2) is 15.9 Å². The lowest BCUT2D eigenvalue weighted by Crippen LogP contribution is -2.48. The number of ether oxygens (including phenoxy) is 1. The Hall–Kier alpha value is -1.61. The molecule has 0 bridgehead atoms. The summed E-state index contributed by atoms with van der Waals surface area (Å²) < 4.78 is 5.56. The summed E-state index contributed by atoms with van der Waals surface area (Å²) in [6.07, 6.45) is 1.01. The summed E-state index contributed by atoms with van der Waals surface area (Å²) in [6.45, 7) is 1.11. The molecule has 7 nitrogen and oxygen atoms in total. The van der Waals surface area contributed by atoms with E-state index in [0.717, 1.165) is 3.79 Å². The van der Waals surface area contributed by atoms with Gasteiger partial charge in [-0.05, 0) is 40.9 Å². The van der Waals surface area contributed by atoms with Crippen LogP contribution in [0.3, 0.4) is 0 Å². The van der Waals surface area contributed by atoms with Gasteiger partial charge in [-0.1, -0.05) is 0 Å². The molecule has 1 aliphatic rings. The summed E-state index contributed by atoms with van der Waals surface area (Å²) in [4.78, 5) is 39.4. The van der Waals surface area contributed by atoms with Crippen LogP contribution in [-0.2, 0) is 9.53 Å². The van der Waals surface area contributed by atoms with E-state index in [9.17, 15) is 14.4 Å². The Balaban J connectivity index is 1.77. The van der Waals surface area contributed by atoms with Crippen LogP contribution in [0.1, 0.15) is 22.5 Å².